The second-order valence-corrected chi connectivity index (χ2v) is 10.1. The minimum atomic E-state index is -0.999. The van der Waals surface area contributed by atoms with Crippen LogP contribution in [0.2, 0.25) is 0 Å². The first-order chi connectivity index (χ1) is 13.1. The van der Waals surface area contributed by atoms with Crippen LogP contribution in [-0.4, -0.2) is 41.1 Å². The third-order valence-electron chi connectivity index (χ3n) is 5.77. The highest BCUT2D eigenvalue weighted by atomic mass is 32.1. The van der Waals surface area contributed by atoms with E-state index >= 15 is 0 Å². The van der Waals surface area contributed by atoms with Crippen LogP contribution in [0.3, 0.4) is 0 Å². The Bertz CT molecular complexity index is 821. The van der Waals surface area contributed by atoms with Crippen molar-refractivity contribution in [1.29, 1.82) is 0 Å². The molecule has 2 amide bonds. The SMILES string of the molecule is CC1C(C2CCCCC2)N(c2cc(C#CC(C)(C)C)sc2C(=O)O)C(=O)N1C. The summed E-state index contributed by atoms with van der Waals surface area (Å²) >= 11 is 1.16. The Labute approximate surface area is 171 Å². The smallest absolute Gasteiger partial charge is 0.348 e. The molecule has 1 aliphatic heterocycles. The van der Waals surface area contributed by atoms with Gasteiger partial charge in [0.05, 0.1) is 22.6 Å². The van der Waals surface area contributed by atoms with Crippen molar-refractivity contribution < 1.29 is 14.7 Å². The molecule has 2 unspecified atom stereocenters. The Kier molecular flexibility index (Phi) is 5.77. The fourth-order valence-electron chi connectivity index (χ4n) is 4.28. The minimum absolute atomic E-state index is 0.00826. The molecule has 2 fully saturated rings. The molecule has 3 rings (SSSR count). The maximum atomic E-state index is 13.1. The van der Waals surface area contributed by atoms with E-state index in [0.29, 0.717) is 16.5 Å². The van der Waals surface area contributed by atoms with Crippen molar-refractivity contribution in [2.24, 2.45) is 11.3 Å². The highest BCUT2D eigenvalue weighted by Gasteiger charge is 2.47. The molecule has 152 valence electrons. The van der Waals surface area contributed by atoms with Crippen molar-refractivity contribution >= 4 is 29.0 Å². The maximum absolute atomic E-state index is 13.1. The van der Waals surface area contributed by atoms with Crippen LogP contribution in [0.15, 0.2) is 6.07 Å². The molecule has 1 aliphatic carbocycles. The molecule has 1 aromatic rings. The predicted octanol–water partition coefficient (Wildman–Crippen LogP) is 5.05. The number of aromatic carboxylic acids is 1. The van der Waals surface area contributed by atoms with E-state index in [-0.39, 0.29) is 28.4 Å². The average Bonchev–Trinajstić information content (AvgIpc) is 3.15. The van der Waals surface area contributed by atoms with Gasteiger partial charge in [-0.05, 0) is 52.5 Å². The molecule has 5 nitrogen and oxygen atoms in total. The number of carbonyl (C=O) groups excluding carboxylic acids is 1. The molecular weight excluding hydrogens is 372 g/mol. The van der Waals surface area contributed by atoms with Gasteiger partial charge in [0.2, 0.25) is 0 Å². The van der Waals surface area contributed by atoms with Crippen molar-refractivity contribution in [2.45, 2.75) is 71.9 Å². The predicted molar refractivity (Wildman–Crippen MR) is 113 cm³/mol. The molecule has 0 spiro atoms. The number of amides is 2. The third kappa shape index (κ3) is 4.05. The van der Waals surface area contributed by atoms with Crippen molar-refractivity contribution in [3.8, 4) is 11.8 Å². The molecule has 2 aliphatic rings. The summed E-state index contributed by atoms with van der Waals surface area (Å²) in [6.07, 6.45) is 5.78. The van der Waals surface area contributed by atoms with E-state index in [1.54, 1.807) is 15.9 Å². The van der Waals surface area contributed by atoms with Gasteiger partial charge in [-0.1, -0.05) is 31.1 Å². The molecule has 1 aromatic heterocycles. The standard InChI is InChI=1S/C22H30N2O3S/c1-14-18(15-9-7-6-8-10-15)24(21(27)23(14)5)17-13-16(11-12-22(2,3)4)28-19(17)20(25)26/h13-15,18H,6-10H2,1-5H3,(H,25,26). The Balaban J connectivity index is 2.05. The number of carboxylic acid groups (broad SMARTS) is 1. The van der Waals surface area contributed by atoms with E-state index in [2.05, 4.69) is 18.8 Å². The van der Waals surface area contributed by atoms with Gasteiger partial charge in [-0.15, -0.1) is 11.3 Å². The van der Waals surface area contributed by atoms with Crippen LogP contribution in [0.4, 0.5) is 10.5 Å². The lowest BCUT2D eigenvalue weighted by atomic mass is 9.81. The topological polar surface area (TPSA) is 60.9 Å². The number of likely N-dealkylation sites (N-methyl/N-ethyl adjacent to an activating group) is 1. The monoisotopic (exact) mass is 402 g/mol. The van der Waals surface area contributed by atoms with E-state index in [1.807, 2.05) is 27.8 Å². The number of nitrogens with zero attached hydrogens (tertiary/aromatic N) is 2. The second kappa shape index (κ2) is 7.79. The van der Waals surface area contributed by atoms with Crippen LogP contribution >= 0.6 is 11.3 Å². The number of carboxylic acids is 1. The minimum Gasteiger partial charge on any atom is -0.477 e. The number of hydrogen-bond acceptors (Lipinski definition) is 3. The lowest BCUT2D eigenvalue weighted by molar-refractivity contribution is 0.0702. The van der Waals surface area contributed by atoms with Crippen LogP contribution in [0.1, 0.15) is 74.3 Å². The lowest BCUT2D eigenvalue weighted by Crippen LogP contribution is -2.43. The highest BCUT2D eigenvalue weighted by Crippen LogP contribution is 2.41. The molecule has 2 heterocycles. The summed E-state index contributed by atoms with van der Waals surface area (Å²) in [7, 11) is 1.82. The summed E-state index contributed by atoms with van der Waals surface area (Å²) in [5.41, 5.74) is 0.337. The maximum Gasteiger partial charge on any atom is 0.348 e. The number of rotatable bonds is 3. The Morgan fingerprint density at radius 1 is 1.25 bits per heavy atom. The van der Waals surface area contributed by atoms with Crippen LogP contribution in [0.5, 0.6) is 0 Å². The molecule has 0 radical (unpaired) electrons. The van der Waals surface area contributed by atoms with Gasteiger partial charge >= 0.3 is 12.0 Å². The lowest BCUT2D eigenvalue weighted by Gasteiger charge is -2.34. The van der Waals surface area contributed by atoms with Gasteiger partial charge in [0, 0.05) is 12.5 Å². The molecule has 1 N–H and O–H groups in total. The summed E-state index contributed by atoms with van der Waals surface area (Å²) in [6, 6.07) is 1.75. The van der Waals surface area contributed by atoms with Crippen LogP contribution in [0.25, 0.3) is 0 Å². The van der Waals surface area contributed by atoms with Gasteiger partial charge < -0.3 is 10.0 Å². The third-order valence-corrected chi connectivity index (χ3v) is 6.80. The zero-order chi connectivity index (χ0) is 20.6. The number of thiophene rings is 1. The van der Waals surface area contributed by atoms with Crippen LogP contribution in [-0.2, 0) is 0 Å². The molecule has 1 saturated heterocycles. The highest BCUT2D eigenvalue weighted by molar-refractivity contribution is 7.15. The largest absolute Gasteiger partial charge is 0.477 e. The van der Waals surface area contributed by atoms with E-state index in [0.717, 1.165) is 24.2 Å². The normalized spacial score (nSPS) is 23.7. The van der Waals surface area contributed by atoms with E-state index < -0.39 is 5.97 Å². The van der Waals surface area contributed by atoms with Crippen molar-refractivity contribution in [1.82, 2.24) is 4.90 Å². The number of carbonyl (C=O) groups is 2. The summed E-state index contributed by atoms with van der Waals surface area (Å²) < 4.78 is 0. The van der Waals surface area contributed by atoms with Gasteiger partial charge in [0.1, 0.15) is 4.88 Å². The fraction of sp³-hybridized carbons (Fsp3) is 0.636. The summed E-state index contributed by atoms with van der Waals surface area (Å²) in [6.45, 7) is 8.13. The first kappa shape index (κ1) is 20.7. The van der Waals surface area contributed by atoms with Gasteiger partial charge in [-0.2, -0.15) is 0 Å². The number of hydrogen-bond donors (Lipinski definition) is 1. The molecule has 1 saturated carbocycles. The molecular formula is C22H30N2O3S. The van der Waals surface area contributed by atoms with Gasteiger partial charge in [-0.3, -0.25) is 4.90 Å². The van der Waals surface area contributed by atoms with Gasteiger partial charge in [0.15, 0.2) is 0 Å². The van der Waals surface area contributed by atoms with Crippen LogP contribution < -0.4 is 4.90 Å². The zero-order valence-electron chi connectivity index (χ0n) is 17.4. The summed E-state index contributed by atoms with van der Waals surface area (Å²) in [5.74, 6) is 5.68. The number of anilines is 1. The first-order valence-corrected chi connectivity index (χ1v) is 10.9. The molecule has 0 aromatic carbocycles. The number of urea groups is 1. The molecule has 28 heavy (non-hydrogen) atoms. The van der Waals surface area contributed by atoms with Crippen molar-refractivity contribution in [3.05, 3.63) is 15.8 Å². The quantitative estimate of drug-likeness (QED) is 0.720. The molecule has 6 heteroatoms. The summed E-state index contributed by atoms with van der Waals surface area (Å²) in [4.78, 5) is 29.5. The molecule has 2 atom stereocenters. The first-order valence-electron chi connectivity index (χ1n) is 10.1. The van der Waals surface area contributed by atoms with Gasteiger partial charge in [0.25, 0.3) is 0 Å². The Hall–Kier alpha value is -2.00. The van der Waals surface area contributed by atoms with E-state index in [4.69, 9.17) is 0 Å². The van der Waals surface area contributed by atoms with E-state index in [9.17, 15) is 14.7 Å². The summed E-state index contributed by atoms with van der Waals surface area (Å²) in [5, 5.41) is 9.79. The fourth-order valence-corrected chi connectivity index (χ4v) is 5.13. The second-order valence-electron chi connectivity index (χ2n) is 9.02. The van der Waals surface area contributed by atoms with Crippen LogP contribution in [0, 0.1) is 23.2 Å². The molecule has 0 bridgehead atoms. The van der Waals surface area contributed by atoms with E-state index in [1.165, 1.54) is 19.3 Å². The Morgan fingerprint density at radius 3 is 2.46 bits per heavy atom. The van der Waals surface area contributed by atoms with Crippen molar-refractivity contribution in [2.75, 3.05) is 11.9 Å². The average molecular weight is 403 g/mol. The zero-order valence-corrected chi connectivity index (χ0v) is 18.2. The Morgan fingerprint density at radius 2 is 1.89 bits per heavy atom. The van der Waals surface area contributed by atoms with Crippen molar-refractivity contribution in [3.63, 3.8) is 0 Å². The van der Waals surface area contributed by atoms with Gasteiger partial charge in [-0.25, -0.2) is 9.59 Å².